The first-order chi connectivity index (χ1) is 8.10. The number of aliphatic hydroxyl groups is 1. The Morgan fingerprint density at radius 3 is 1.89 bits per heavy atom. The number of hydrogen-bond acceptors (Lipinski definition) is 5. The first-order valence-corrected chi connectivity index (χ1v) is 5.75. The van der Waals surface area contributed by atoms with Crippen LogP contribution in [0.4, 0.5) is 0 Å². The standard InChI is InChI=1S/C6H12O3.C4H8O.C2H4O2/c1-3-6(8)4-9-5(2)7;1-4(2)3-5-4;1-2(3)4/h6,8H,3-4H2,1-2H3;3H2,1-2H3;1H3,(H,3,4). The molecule has 1 heterocycles. The molecule has 0 aromatic rings. The molecule has 1 aliphatic heterocycles. The molecule has 1 rings (SSSR count). The average molecular weight is 264 g/mol. The van der Waals surface area contributed by atoms with E-state index in [2.05, 4.69) is 18.6 Å². The van der Waals surface area contributed by atoms with Crippen LogP contribution in [-0.4, -0.2) is 47.1 Å². The van der Waals surface area contributed by atoms with Crippen LogP contribution in [0.2, 0.25) is 0 Å². The highest BCUT2D eigenvalue weighted by Crippen LogP contribution is 2.23. The molecule has 0 spiro atoms. The maximum absolute atomic E-state index is 10.1. The van der Waals surface area contributed by atoms with Crippen molar-refractivity contribution in [2.75, 3.05) is 13.2 Å². The van der Waals surface area contributed by atoms with E-state index in [1.165, 1.54) is 6.92 Å². The maximum Gasteiger partial charge on any atom is 0.302 e. The van der Waals surface area contributed by atoms with E-state index < -0.39 is 12.1 Å². The first kappa shape index (κ1) is 19.2. The Morgan fingerprint density at radius 2 is 1.72 bits per heavy atom. The molecular formula is C12H24O6. The molecular weight excluding hydrogens is 240 g/mol. The van der Waals surface area contributed by atoms with Crippen LogP contribution in [0, 0.1) is 0 Å². The molecule has 1 atom stereocenters. The molecule has 6 heteroatoms. The number of epoxide rings is 1. The SMILES string of the molecule is CC(=O)O.CC1(C)CO1.CCC(O)COC(C)=O. The Hall–Kier alpha value is -1.14. The zero-order chi connectivity index (χ0) is 14.8. The van der Waals surface area contributed by atoms with Crippen LogP contribution in [0.5, 0.6) is 0 Å². The van der Waals surface area contributed by atoms with E-state index >= 15 is 0 Å². The summed E-state index contributed by atoms with van der Waals surface area (Å²) in [6.45, 7) is 9.45. The molecule has 18 heavy (non-hydrogen) atoms. The quantitative estimate of drug-likeness (QED) is 0.587. The lowest BCUT2D eigenvalue weighted by Crippen LogP contribution is -2.15. The third-order valence-corrected chi connectivity index (χ3v) is 1.67. The highest BCUT2D eigenvalue weighted by molar-refractivity contribution is 5.65. The van der Waals surface area contributed by atoms with Crippen molar-refractivity contribution in [2.45, 2.75) is 52.7 Å². The van der Waals surface area contributed by atoms with Gasteiger partial charge in [-0.2, -0.15) is 0 Å². The lowest BCUT2D eigenvalue weighted by molar-refractivity contribution is -0.144. The number of carbonyl (C=O) groups excluding carboxylic acids is 1. The molecule has 0 aliphatic carbocycles. The van der Waals surface area contributed by atoms with Crippen molar-refractivity contribution in [1.82, 2.24) is 0 Å². The topological polar surface area (TPSA) is 96.4 Å². The number of hydrogen-bond donors (Lipinski definition) is 2. The summed E-state index contributed by atoms with van der Waals surface area (Å²) in [5.74, 6) is -1.18. The number of carboxylic acids is 1. The van der Waals surface area contributed by atoms with Gasteiger partial charge in [0.15, 0.2) is 0 Å². The summed E-state index contributed by atoms with van der Waals surface area (Å²) in [4.78, 5) is 19.1. The van der Waals surface area contributed by atoms with Gasteiger partial charge in [0.25, 0.3) is 5.97 Å². The monoisotopic (exact) mass is 264 g/mol. The fourth-order valence-corrected chi connectivity index (χ4v) is 0.476. The van der Waals surface area contributed by atoms with Crippen LogP contribution >= 0.6 is 0 Å². The van der Waals surface area contributed by atoms with E-state index in [0.29, 0.717) is 6.42 Å². The predicted octanol–water partition coefficient (Wildman–Crippen LogP) is 1.21. The molecule has 0 aromatic heterocycles. The van der Waals surface area contributed by atoms with Crippen molar-refractivity contribution in [3.8, 4) is 0 Å². The van der Waals surface area contributed by atoms with Crippen LogP contribution in [0.1, 0.15) is 41.0 Å². The Bertz CT molecular complexity index is 239. The Morgan fingerprint density at radius 1 is 1.39 bits per heavy atom. The normalized spacial score (nSPS) is 16.1. The summed E-state index contributed by atoms with van der Waals surface area (Å²) < 4.78 is 9.40. The second-order valence-electron chi connectivity index (χ2n) is 4.43. The molecule has 0 bridgehead atoms. The number of carbonyl (C=O) groups is 2. The van der Waals surface area contributed by atoms with Crippen molar-refractivity contribution in [2.24, 2.45) is 0 Å². The number of esters is 1. The van der Waals surface area contributed by atoms with Crippen molar-refractivity contribution >= 4 is 11.9 Å². The van der Waals surface area contributed by atoms with Crippen molar-refractivity contribution in [3.63, 3.8) is 0 Å². The third kappa shape index (κ3) is 24.2. The van der Waals surface area contributed by atoms with Gasteiger partial charge in [0.05, 0.1) is 18.3 Å². The van der Waals surface area contributed by atoms with Gasteiger partial charge in [-0.25, -0.2) is 0 Å². The summed E-state index contributed by atoms with van der Waals surface area (Å²) in [6, 6.07) is 0. The van der Waals surface area contributed by atoms with Crippen LogP contribution < -0.4 is 0 Å². The van der Waals surface area contributed by atoms with E-state index in [4.69, 9.17) is 19.7 Å². The first-order valence-electron chi connectivity index (χ1n) is 5.75. The Kier molecular flexibility index (Phi) is 10.5. The minimum atomic E-state index is -0.833. The number of aliphatic hydroxyl groups excluding tert-OH is 1. The molecule has 0 amide bonds. The molecule has 108 valence electrons. The van der Waals surface area contributed by atoms with Gasteiger partial charge < -0.3 is 19.7 Å². The van der Waals surface area contributed by atoms with Crippen LogP contribution in [0.25, 0.3) is 0 Å². The van der Waals surface area contributed by atoms with Crippen molar-refractivity contribution < 1.29 is 29.3 Å². The minimum Gasteiger partial charge on any atom is -0.481 e. The van der Waals surface area contributed by atoms with Gasteiger partial charge in [-0.3, -0.25) is 9.59 Å². The molecule has 1 aliphatic rings. The fraction of sp³-hybridized carbons (Fsp3) is 0.833. The van der Waals surface area contributed by atoms with Gasteiger partial charge in [-0.1, -0.05) is 6.92 Å². The van der Waals surface area contributed by atoms with Gasteiger partial charge >= 0.3 is 5.97 Å². The lowest BCUT2D eigenvalue weighted by Gasteiger charge is -2.05. The highest BCUT2D eigenvalue weighted by Gasteiger charge is 2.32. The number of aliphatic carboxylic acids is 1. The third-order valence-electron chi connectivity index (χ3n) is 1.67. The second kappa shape index (κ2) is 9.85. The average Bonchev–Trinajstić information content (AvgIpc) is 2.90. The van der Waals surface area contributed by atoms with Gasteiger partial charge in [0.1, 0.15) is 6.61 Å². The largest absolute Gasteiger partial charge is 0.481 e. The molecule has 1 unspecified atom stereocenters. The Balaban J connectivity index is 0. The highest BCUT2D eigenvalue weighted by atomic mass is 16.6. The molecule has 0 radical (unpaired) electrons. The van der Waals surface area contributed by atoms with E-state index in [1.54, 1.807) is 0 Å². The summed E-state index contributed by atoms with van der Waals surface area (Å²) in [5, 5.41) is 16.2. The number of ether oxygens (including phenoxy) is 2. The molecule has 1 saturated heterocycles. The lowest BCUT2D eigenvalue weighted by atomic mass is 10.3. The van der Waals surface area contributed by atoms with Crippen molar-refractivity contribution in [3.05, 3.63) is 0 Å². The zero-order valence-electron chi connectivity index (χ0n) is 11.7. The molecule has 6 nitrogen and oxygen atoms in total. The molecule has 1 fully saturated rings. The Labute approximate surface area is 108 Å². The van der Waals surface area contributed by atoms with Gasteiger partial charge in [-0.05, 0) is 20.3 Å². The van der Waals surface area contributed by atoms with Gasteiger partial charge in [-0.15, -0.1) is 0 Å². The van der Waals surface area contributed by atoms with E-state index in [0.717, 1.165) is 13.5 Å². The zero-order valence-corrected chi connectivity index (χ0v) is 11.7. The summed E-state index contributed by atoms with van der Waals surface area (Å²) in [6.07, 6.45) is 0.113. The van der Waals surface area contributed by atoms with Crippen LogP contribution in [0.3, 0.4) is 0 Å². The smallest absolute Gasteiger partial charge is 0.302 e. The van der Waals surface area contributed by atoms with Crippen LogP contribution in [-0.2, 0) is 19.1 Å². The van der Waals surface area contributed by atoms with Crippen LogP contribution in [0.15, 0.2) is 0 Å². The molecule has 2 N–H and O–H groups in total. The summed E-state index contributed by atoms with van der Waals surface area (Å²) in [5.41, 5.74) is 0.250. The fourth-order valence-electron chi connectivity index (χ4n) is 0.476. The van der Waals surface area contributed by atoms with Gasteiger partial charge in [0.2, 0.25) is 0 Å². The summed E-state index contributed by atoms with van der Waals surface area (Å²) in [7, 11) is 0. The maximum atomic E-state index is 10.1. The van der Waals surface area contributed by atoms with Gasteiger partial charge in [0, 0.05) is 13.8 Å². The predicted molar refractivity (Wildman–Crippen MR) is 66.3 cm³/mol. The van der Waals surface area contributed by atoms with Crippen molar-refractivity contribution in [1.29, 1.82) is 0 Å². The number of rotatable bonds is 3. The molecule has 0 aromatic carbocycles. The van der Waals surface area contributed by atoms with E-state index in [1.807, 2.05) is 6.92 Å². The number of carboxylic acid groups (broad SMARTS) is 1. The summed E-state index contributed by atoms with van der Waals surface area (Å²) >= 11 is 0. The molecule has 0 saturated carbocycles. The van der Waals surface area contributed by atoms with E-state index in [9.17, 15) is 4.79 Å². The van der Waals surface area contributed by atoms with E-state index in [-0.39, 0.29) is 18.2 Å². The second-order valence-corrected chi connectivity index (χ2v) is 4.43. The minimum absolute atomic E-state index is 0.117.